The highest BCUT2D eigenvalue weighted by Gasteiger charge is 2.28. The van der Waals surface area contributed by atoms with Crippen LogP contribution in [0, 0.1) is 0 Å². The van der Waals surface area contributed by atoms with Crippen LogP contribution in [0.1, 0.15) is 16.5 Å². The normalized spacial score (nSPS) is 17.8. The first-order chi connectivity index (χ1) is 10.2. The van der Waals surface area contributed by atoms with Crippen LogP contribution in [-0.4, -0.2) is 36.2 Å². The van der Waals surface area contributed by atoms with Gasteiger partial charge in [-0.1, -0.05) is 23.7 Å². The highest BCUT2D eigenvalue weighted by atomic mass is 79.9. The lowest BCUT2D eigenvalue weighted by molar-refractivity contribution is 0.198. The third kappa shape index (κ3) is 3.12. The van der Waals surface area contributed by atoms with E-state index in [-0.39, 0.29) is 11.8 Å². The molecule has 0 bridgehead atoms. The average molecular weight is 388 g/mol. The summed E-state index contributed by atoms with van der Waals surface area (Å²) in [5, 5.41) is 16.5. The van der Waals surface area contributed by atoms with Crippen molar-refractivity contribution < 1.29 is 5.11 Å². The molecule has 0 aliphatic carbocycles. The summed E-state index contributed by atoms with van der Waals surface area (Å²) in [6.07, 6.45) is 0. The molecule has 2 heterocycles. The maximum atomic E-state index is 10.5. The molecule has 1 aromatic heterocycles. The smallest absolute Gasteiger partial charge is 0.136 e. The molecular formula is C15H16BrClN2OS. The minimum absolute atomic E-state index is 0.0701. The van der Waals surface area contributed by atoms with Gasteiger partial charge in [0, 0.05) is 36.6 Å². The Morgan fingerprint density at radius 2 is 2.05 bits per heavy atom. The van der Waals surface area contributed by atoms with Crippen LogP contribution in [0.5, 0.6) is 5.75 Å². The quantitative estimate of drug-likeness (QED) is 0.839. The molecule has 0 unspecified atom stereocenters. The van der Waals surface area contributed by atoms with Crippen molar-refractivity contribution >= 4 is 38.9 Å². The van der Waals surface area contributed by atoms with Crippen molar-refractivity contribution in [1.82, 2.24) is 10.2 Å². The van der Waals surface area contributed by atoms with Gasteiger partial charge in [0.2, 0.25) is 0 Å². The van der Waals surface area contributed by atoms with Crippen LogP contribution < -0.4 is 5.32 Å². The van der Waals surface area contributed by atoms with E-state index in [0.29, 0.717) is 9.50 Å². The molecule has 3 rings (SSSR count). The lowest BCUT2D eigenvalue weighted by Gasteiger charge is -2.35. The van der Waals surface area contributed by atoms with Crippen molar-refractivity contribution in [3.63, 3.8) is 0 Å². The number of phenolic OH excluding ortho intramolecular Hbond substituents is 1. The minimum atomic E-state index is 0.0701. The Bertz CT molecular complexity index is 614. The van der Waals surface area contributed by atoms with Crippen LogP contribution in [0.25, 0.3) is 0 Å². The number of benzene rings is 1. The first kappa shape index (κ1) is 15.3. The predicted octanol–water partition coefficient (Wildman–Crippen LogP) is 3.86. The maximum Gasteiger partial charge on any atom is 0.136 e. The fourth-order valence-electron chi connectivity index (χ4n) is 2.69. The number of nitrogens with zero attached hydrogens (tertiary/aromatic N) is 1. The molecule has 112 valence electrons. The molecule has 6 heteroatoms. The molecule has 1 atom stereocenters. The second kappa shape index (κ2) is 6.67. The van der Waals surface area contributed by atoms with Crippen molar-refractivity contribution in [2.24, 2.45) is 0 Å². The van der Waals surface area contributed by atoms with E-state index in [4.69, 9.17) is 11.6 Å². The van der Waals surface area contributed by atoms with Gasteiger partial charge >= 0.3 is 0 Å². The summed E-state index contributed by atoms with van der Waals surface area (Å²) in [6.45, 7) is 3.86. The van der Waals surface area contributed by atoms with Crippen LogP contribution in [0.15, 0.2) is 34.1 Å². The molecule has 1 aliphatic rings. The number of nitrogens with one attached hydrogen (secondary N) is 1. The van der Waals surface area contributed by atoms with E-state index in [1.54, 1.807) is 11.3 Å². The van der Waals surface area contributed by atoms with Crippen molar-refractivity contribution in [3.8, 4) is 5.75 Å². The van der Waals surface area contributed by atoms with E-state index in [1.165, 1.54) is 4.88 Å². The SMILES string of the molecule is Oc1c([C@H](c2cccs2)N2CCNCC2)ccc(Cl)c1Br. The van der Waals surface area contributed by atoms with Crippen LogP contribution in [0.3, 0.4) is 0 Å². The summed E-state index contributed by atoms with van der Waals surface area (Å²) in [5.74, 6) is 0.236. The second-order valence-electron chi connectivity index (χ2n) is 5.00. The zero-order valence-electron chi connectivity index (χ0n) is 11.4. The topological polar surface area (TPSA) is 35.5 Å². The fraction of sp³-hybridized carbons (Fsp3) is 0.333. The highest BCUT2D eigenvalue weighted by molar-refractivity contribution is 9.10. The number of hydrogen-bond acceptors (Lipinski definition) is 4. The molecule has 1 aromatic carbocycles. The predicted molar refractivity (Wildman–Crippen MR) is 91.4 cm³/mol. The monoisotopic (exact) mass is 386 g/mol. The fourth-order valence-corrected chi connectivity index (χ4v) is 4.08. The summed E-state index contributed by atoms with van der Waals surface area (Å²) >= 11 is 11.2. The standard InChI is InChI=1S/C15H16BrClN2OS/c16-13-11(17)4-3-10(15(13)20)14(12-2-1-9-21-12)19-7-5-18-6-8-19/h1-4,9,14,18,20H,5-8H2/t14-/m1/s1. The Kier molecular flexibility index (Phi) is 4.86. The zero-order valence-corrected chi connectivity index (χ0v) is 14.5. The van der Waals surface area contributed by atoms with Crippen LogP contribution in [-0.2, 0) is 0 Å². The molecule has 2 N–H and O–H groups in total. The number of hydrogen-bond donors (Lipinski definition) is 2. The summed E-state index contributed by atoms with van der Waals surface area (Å²) < 4.78 is 0.568. The first-order valence-electron chi connectivity index (χ1n) is 6.83. The van der Waals surface area contributed by atoms with E-state index in [9.17, 15) is 5.11 Å². The Morgan fingerprint density at radius 3 is 2.71 bits per heavy atom. The molecule has 3 nitrogen and oxygen atoms in total. The first-order valence-corrected chi connectivity index (χ1v) is 8.88. The third-order valence-corrected chi connectivity index (χ3v) is 5.99. The molecule has 0 saturated carbocycles. The van der Waals surface area contributed by atoms with Crippen LogP contribution in [0.4, 0.5) is 0 Å². The van der Waals surface area contributed by atoms with Gasteiger partial charge in [0.1, 0.15) is 5.75 Å². The molecule has 0 radical (unpaired) electrons. The average Bonchev–Trinajstić information content (AvgIpc) is 3.03. The Balaban J connectivity index is 2.05. The third-order valence-electron chi connectivity index (χ3n) is 3.72. The summed E-state index contributed by atoms with van der Waals surface area (Å²) in [6, 6.07) is 8.01. The van der Waals surface area contributed by atoms with Gasteiger partial charge in [0.05, 0.1) is 15.5 Å². The largest absolute Gasteiger partial charge is 0.506 e. The van der Waals surface area contributed by atoms with Gasteiger partial charge in [0.25, 0.3) is 0 Å². The van der Waals surface area contributed by atoms with Crippen molar-refractivity contribution in [3.05, 3.63) is 49.6 Å². The van der Waals surface area contributed by atoms with Gasteiger partial charge in [-0.05, 0) is 33.4 Å². The molecule has 1 saturated heterocycles. The van der Waals surface area contributed by atoms with Gasteiger partial charge in [-0.15, -0.1) is 11.3 Å². The van der Waals surface area contributed by atoms with Crippen LogP contribution >= 0.6 is 38.9 Å². The lowest BCUT2D eigenvalue weighted by Crippen LogP contribution is -2.45. The van der Waals surface area contributed by atoms with Gasteiger partial charge in [0.15, 0.2) is 0 Å². The molecule has 0 spiro atoms. The number of thiophene rings is 1. The van der Waals surface area contributed by atoms with E-state index in [0.717, 1.165) is 31.7 Å². The van der Waals surface area contributed by atoms with Crippen LogP contribution in [0.2, 0.25) is 5.02 Å². The number of aromatic hydroxyl groups is 1. The Labute approximate surface area is 141 Å². The number of rotatable bonds is 3. The van der Waals surface area contributed by atoms with Crippen molar-refractivity contribution in [1.29, 1.82) is 0 Å². The Hall–Kier alpha value is -0.590. The molecule has 1 aliphatic heterocycles. The zero-order chi connectivity index (χ0) is 14.8. The lowest BCUT2D eigenvalue weighted by atomic mass is 10.0. The Morgan fingerprint density at radius 1 is 1.29 bits per heavy atom. The van der Waals surface area contributed by atoms with Gasteiger partial charge < -0.3 is 10.4 Å². The van der Waals surface area contributed by atoms with Gasteiger partial charge in [-0.25, -0.2) is 0 Å². The van der Waals surface area contributed by atoms with Crippen molar-refractivity contribution in [2.75, 3.05) is 26.2 Å². The van der Waals surface area contributed by atoms with Gasteiger partial charge in [-0.3, -0.25) is 4.90 Å². The van der Waals surface area contributed by atoms with E-state index >= 15 is 0 Å². The van der Waals surface area contributed by atoms with Gasteiger partial charge in [-0.2, -0.15) is 0 Å². The number of halogens is 2. The minimum Gasteiger partial charge on any atom is -0.506 e. The second-order valence-corrected chi connectivity index (χ2v) is 7.18. The van der Waals surface area contributed by atoms with E-state index < -0.39 is 0 Å². The van der Waals surface area contributed by atoms with Crippen molar-refractivity contribution in [2.45, 2.75) is 6.04 Å². The summed E-state index contributed by atoms with van der Waals surface area (Å²) in [7, 11) is 0. The highest BCUT2D eigenvalue weighted by Crippen LogP contribution is 2.42. The summed E-state index contributed by atoms with van der Waals surface area (Å²) in [5.41, 5.74) is 0.899. The molecule has 0 amide bonds. The van der Waals surface area contributed by atoms with E-state index in [2.05, 4.69) is 43.7 Å². The molecular weight excluding hydrogens is 372 g/mol. The summed E-state index contributed by atoms with van der Waals surface area (Å²) in [4.78, 5) is 3.64. The molecule has 1 fully saturated rings. The number of piperazine rings is 1. The number of phenols is 1. The molecule has 21 heavy (non-hydrogen) atoms. The van der Waals surface area contributed by atoms with E-state index in [1.807, 2.05) is 12.1 Å². The maximum absolute atomic E-state index is 10.5. The molecule has 2 aromatic rings.